The van der Waals surface area contributed by atoms with E-state index in [1.807, 2.05) is 67.6 Å². The molecule has 2 aromatic carbocycles. The molecule has 0 unspecified atom stereocenters. The SMILES string of the molecule is C=CC(=O)O.C=Cc1ccccc1.CC=Cc1ccccc1. The monoisotopic (exact) mass is 294 g/mol. The van der Waals surface area contributed by atoms with E-state index < -0.39 is 5.97 Å². The van der Waals surface area contributed by atoms with Crippen LogP contribution in [0.4, 0.5) is 0 Å². The van der Waals surface area contributed by atoms with E-state index in [-0.39, 0.29) is 0 Å². The normalized spacial score (nSPS) is 8.77. The fraction of sp³-hybridized carbons (Fsp3) is 0.0500. The second kappa shape index (κ2) is 13.1. The third kappa shape index (κ3) is 11.0. The van der Waals surface area contributed by atoms with Crippen LogP contribution in [0.15, 0.2) is 86.0 Å². The number of carboxylic acids is 1. The number of hydrogen-bond acceptors (Lipinski definition) is 1. The Balaban J connectivity index is 0.000000315. The minimum atomic E-state index is -0.981. The van der Waals surface area contributed by atoms with Crippen LogP contribution in [-0.4, -0.2) is 11.1 Å². The van der Waals surface area contributed by atoms with Crippen molar-refractivity contribution in [3.63, 3.8) is 0 Å². The maximum absolute atomic E-state index is 9.25. The van der Waals surface area contributed by atoms with Crippen LogP contribution in [0.1, 0.15) is 18.1 Å². The van der Waals surface area contributed by atoms with Crippen LogP contribution >= 0.6 is 0 Å². The van der Waals surface area contributed by atoms with Crippen molar-refractivity contribution in [2.45, 2.75) is 6.92 Å². The van der Waals surface area contributed by atoms with Gasteiger partial charge in [-0.25, -0.2) is 4.79 Å². The van der Waals surface area contributed by atoms with Crippen molar-refractivity contribution in [3.05, 3.63) is 97.1 Å². The first kappa shape index (κ1) is 19.1. The highest BCUT2D eigenvalue weighted by Crippen LogP contribution is 1.99. The first-order valence-corrected chi connectivity index (χ1v) is 6.84. The summed E-state index contributed by atoms with van der Waals surface area (Å²) in [6.45, 7) is 8.61. The van der Waals surface area contributed by atoms with Crippen LogP contribution in [0, 0.1) is 0 Å². The second-order valence-electron chi connectivity index (χ2n) is 4.07. The summed E-state index contributed by atoms with van der Waals surface area (Å²) in [4.78, 5) is 9.25. The van der Waals surface area contributed by atoms with Gasteiger partial charge in [0.25, 0.3) is 0 Å². The highest BCUT2D eigenvalue weighted by Gasteiger charge is 1.77. The van der Waals surface area contributed by atoms with E-state index in [2.05, 4.69) is 31.4 Å². The maximum Gasteiger partial charge on any atom is 0.327 e. The van der Waals surface area contributed by atoms with Crippen molar-refractivity contribution in [2.75, 3.05) is 0 Å². The number of benzene rings is 2. The Kier molecular flexibility index (Phi) is 11.4. The predicted molar refractivity (Wildman–Crippen MR) is 95.5 cm³/mol. The summed E-state index contributed by atoms with van der Waals surface area (Å²) in [5.74, 6) is -0.981. The molecule has 0 atom stereocenters. The van der Waals surface area contributed by atoms with Crippen molar-refractivity contribution in [1.29, 1.82) is 0 Å². The lowest BCUT2D eigenvalue weighted by molar-refractivity contribution is -0.131. The third-order valence-corrected chi connectivity index (χ3v) is 2.37. The van der Waals surface area contributed by atoms with Crippen LogP contribution in [0.5, 0.6) is 0 Å². The summed E-state index contributed by atoms with van der Waals surface area (Å²) in [6, 6.07) is 20.3. The Hall–Kier alpha value is -2.87. The molecule has 0 saturated carbocycles. The molecule has 0 radical (unpaired) electrons. The Labute approximate surface area is 132 Å². The van der Waals surface area contributed by atoms with Crippen molar-refractivity contribution < 1.29 is 9.90 Å². The average molecular weight is 294 g/mol. The fourth-order valence-electron chi connectivity index (χ4n) is 1.35. The standard InChI is InChI=1S/C9H10.C8H8.C3H4O2/c1-2-6-9-7-4-3-5-8-9;1-2-8-6-4-3-5-7-8;1-2-3(4)5/h2-8H,1H3;2-7H,1H2;2H,1H2,(H,4,5). The van der Waals surface area contributed by atoms with Crippen LogP contribution in [0.25, 0.3) is 12.2 Å². The van der Waals surface area contributed by atoms with E-state index >= 15 is 0 Å². The predicted octanol–water partition coefficient (Wildman–Crippen LogP) is 5.31. The number of rotatable bonds is 3. The van der Waals surface area contributed by atoms with Gasteiger partial charge in [0, 0.05) is 6.08 Å². The number of carboxylic acid groups (broad SMARTS) is 1. The summed E-state index contributed by atoms with van der Waals surface area (Å²) < 4.78 is 0. The zero-order valence-corrected chi connectivity index (χ0v) is 12.9. The van der Waals surface area contributed by atoms with Gasteiger partial charge in [-0.15, -0.1) is 0 Å². The van der Waals surface area contributed by atoms with Crippen molar-refractivity contribution in [2.24, 2.45) is 0 Å². The lowest BCUT2D eigenvalue weighted by atomic mass is 10.2. The smallest absolute Gasteiger partial charge is 0.327 e. The topological polar surface area (TPSA) is 37.3 Å². The van der Waals surface area contributed by atoms with Crippen LogP contribution in [-0.2, 0) is 4.79 Å². The average Bonchev–Trinajstić information content (AvgIpc) is 2.58. The molecule has 2 nitrogen and oxygen atoms in total. The van der Waals surface area contributed by atoms with Gasteiger partial charge in [-0.3, -0.25) is 0 Å². The Morgan fingerprint density at radius 1 is 0.909 bits per heavy atom. The molecule has 0 bridgehead atoms. The van der Waals surface area contributed by atoms with Gasteiger partial charge in [0.05, 0.1) is 0 Å². The molecule has 1 N–H and O–H groups in total. The van der Waals surface area contributed by atoms with Crippen molar-refractivity contribution in [1.82, 2.24) is 0 Å². The molecule has 0 heterocycles. The largest absolute Gasteiger partial charge is 0.478 e. The van der Waals surface area contributed by atoms with Gasteiger partial charge in [-0.1, -0.05) is 92.0 Å². The van der Waals surface area contributed by atoms with Gasteiger partial charge in [-0.2, -0.15) is 0 Å². The molecule has 0 aliphatic rings. The van der Waals surface area contributed by atoms with Crippen LogP contribution in [0.3, 0.4) is 0 Å². The molecule has 2 rings (SSSR count). The molecule has 0 fully saturated rings. The molecule has 0 amide bonds. The fourth-order valence-corrected chi connectivity index (χ4v) is 1.35. The molecule has 2 heteroatoms. The second-order valence-corrected chi connectivity index (χ2v) is 4.07. The number of allylic oxidation sites excluding steroid dienone is 1. The summed E-state index contributed by atoms with van der Waals surface area (Å²) in [6.07, 6.45) is 6.79. The van der Waals surface area contributed by atoms with Gasteiger partial charge in [-0.05, 0) is 18.1 Å². The Morgan fingerprint density at radius 3 is 1.59 bits per heavy atom. The minimum absolute atomic E-state index is 0.833. The molecular weight excluding hydrogens is 272 g/mol. The summed E-state index contributed by atoms with van der Waals surface area (Å²) >= 11 is 0. The summed E-state index contributed by atoms with van der Waals surface area (Å²) in [7, 11) is 0. The first-order valence-electron chi connectivity index (χ1n) is 6.84. The van der Waals surface area contributed by atoms with Crippen molar-refractivity contribution in [3.8, 4) is 0 Å². The third-order valence-electron chi connectivity index (χ3n) is 2.37. The van der Waals surface area contributed by atoms with Crippen LogP contribution in [0.2, 0.25) is 0 Å². The highest BCUT2D eigenvalue weighted by molar-refractivity contribution is 5.78. The molecule has 2 aromatic rings. The molecule has 0 aliphatic carbocycles. The van der Waals surface area contributed by atoms with E-state index in [9.17, 15) is 4.79 Å². The quantitative estimate of drug-likeness (QED) is 0.779. The van der Waals surface area contributed by atoms with Gasteiger partial charge in [0.15, 0.2) is 0 Å². The van der Waals surface area contributed by atoms with E-state index in [1.165, 1.54) is 11.1 Å². The number of carbonyl (C=O) groups is 1. The molecule has 0 saturated heterocycles. The van der Waals surface area contributed by atoms with Gasteiger partial charge in [0.1, 0.15) is 0 Å². The molecular formula is C20H22O2. The van der Waals surface area contributed by atoms with Gasteiger partial charge >= 0.3 is 5.97 Å². The van der Waals surface area contributed by atoms with E-state index in [0.29, 0.717) is 0 Å². The lowest BCUT2D eigenvalue weighted by Crippen LogP contribution is -1.82. The molecule has 22 heavy (non-hydrogen) atoms. The molecule has 0 spiro atoms. The number of hydrogen-bond donors (Lipinski definition) is 1. The zero-order valence-electron chi connectivity index (χ0n) is 12.9. The summed E-state index contributed by atoms with van der Waals surface area (Å²) in [5.41, 5.74) is 2.44. The van der Waals surface area contributed by atoms with Gasteiger partial charge < -0.3 is 5.11 Å². The maximum atomic E-state index is 9.25. The van der Waals surface area contributed by atoms with Gasteiger partial charge in [0.2, 0.25) is 0 Å². The zero-order chi connectivity index (χ0) is 16.6. The van der Waals surface area contributed by atoms with E-state index in [0.717, 1.165) is 6.08 Å². The van der Waals surface area contributed by atoms with Crippen LogP contribution < -0.4 is 0 Å². The Morgan fingerprint density at radius 2 is 1.32 bits per heavy atom. The lowest BCUT2D eigenvalue weighted by Gasteiger charge is -1.86. The van der Waals surface area contributed by atoms with E-state index in [1.54, 1.807) is 0 Å². The minimum Gasteiger partial charge on any atom is -0.478 e. The first-order chi connectivity index (χ1) is 10.6. The molecule has 0 aliphatic heterocycles. The summed E-state index contributed by atoms with van der Waals surface area (Å²) in [5, 5.41) is 7.60. The number of aliphatic carboxylic acids is 1. The molecule has 114 valence electrons. The van der Waals surface area contributed by atoms with Crippen molar-refractivity contribution >= 4 is 18.1 Å². The Bertz CT molecular complexity index is 569. The highest BCUT2D eigenvalue weighted by atomic mass is 16.4. The molecule has 0 aromatic heterocycles. The van der Waals surface area contributed by atoms with E-state index in [4.69, 9.17) is 5.11 Å².